The van der Waals surface area contributed by atoms with E-state index in [2.05, 4.69) is 26.1 Å². The molecule has 204 valence electrons. The number of rotatable bonds is 9. The predicted octanol–water partition coefficient (Wildman–Crippen LogP) is 8.92. The second-order valence-corrected chi connectivity index (χ2v) is 13.2. The zero-order chi connectivity index (χ0) is 28.3. The molecule has 0 saturated carbocycles. The van der Waals surface area contributed by atoms with E-state index in [9.17, 15) is 8.42 Å². The number of hydrogen-bond donors (Lipinski definition) is 1. The molecule has 4 rings (SSSR count). The summed E-state index contributed by atoms with van der Waals surface area (Å²) in [6.45, 7) is 12.5. The quantitative estimate of drug-likeness (QED) is 0.228. The Kier molecular flexibility index (Phi) is 8.07. The lowest BCUT2D eigenvalue weighted by atomic mass is 9.82. The summed E-state index contributed by atoms with van der Waals surface area (Å²) in [5, 5.41) is 3.38. The van der Waals surface area contributed by atoms with Gasteiger partial charge in [-0.3, -0.25) is 0 Å². The van der Waals surface area contributed by atoms with E-state index in [1.807, 2.05) is 81.4 Å². The van der Waals surface area contributed by atoms with Crippen LogP contribution >= 0.6 is 0 Å². The first-order valence-electron chi connectivity index (χ1n) is 13.2. The van der Waals surface area contributed by atoms with Crippen molar-refractivity contribution in [1.29, 1.82) is 0 Å². The van der Waals surface area contributed by atoms with Crippen molar-refractivity contribution in [2.45, 2.75) is 68.8 Å². The van der Waals surface area contributed by atoms with E-state index >= 15 is 0 Å². The molecule has 0 aliphatic heterocycles. The molecule has 6 heteroatoms. The van der Waals surface area contributed by atoms with Gasteiger partial charge in [-0.05, 0) is 98.8 Å². The van der Waals surface area contributed by atoms with Crippen molar-refractivity contribution in [2.24, 2.45) is 0 Å². The number of nitrogens with one attached hydrogen (secondary N) is 1. The molecule has 0 aliphatic rings. The van der Waals surface area contributed by atoms with E-state index in [-0.39, 0.29) is 20.8 Å². The SMILES string of the molecule is CCC(C)(C)c1ccc(S(=O)(=O)c2ccc(Oc3cccc(Nc4cccc(OC(C)(C)C)c4)c3)cc2)cc1. The summed E-state index contributed by atoms with van der Waals surface area (Å²) in [4.78, 5) is 0.507. The Bertz CT molecular complexity index is 1520. The van der Waals surface area contributed by atoms with Crippen LogP contribution in [0, 0.1) is 0 Å². The molecule has 0 heterocycles. The van der Waals surface area contributed by atoms with Gasteiger partial charge >= 0.3 is 0 Å². The standard InChI is InChI=1S/C33H37NO4S/c1-7-33(5,6)24-14-18-30(19-15-24)39(35,36)31-20-16-27(17-21-31)37-28-12-8-10-25(22-28)34-26-11-9-13-29(23-26)38-32(2,3)4/h8-23,34H,7H2,1-6H3. The molecular weight excluding hydrogens is 506 g/mol. The van der Waals surface area contributed by atoms with Crippen LogP contribution in [-0.2, 0) is 15.3 Å². The molecule has 5 nitrogen and oxygen atoms in total. The lowest BCUT2D eigenvalue weighted by Gasteiger charge is -2.23. The number of sulfone groups is 1. The minimum Gasteiger partial charge on any atom is -0.488 e. The van der Waals surface area contributed by atoms with Gasteiger partial charge in [0.25, 0.3) is 0 Å². The van der Waals surface area contributed by atoms with Gasteiger partial charge in [0.05, 0.1) is 9.79 Å². The van der Waals surface area contributed by atoms with Crippen LogP contribution in [0.2, 0.25) is 0 Å². The summed E-state index contributed by atoms with van der Waals surface area (Å²) < 4.78 is 38.4. The molecule has 0 unspecified atom stereocenters. The summed E-state index contributed by atoms with van der Waals surface area (Å²) >= 11 is 0. The molecule has 39 heavy (non-hydrogen) atoms. The highest BCUT2D eigenvalue weighted by Crippen LogP contribution is 2.31. The van der Waals surface area contributed by atoms with Crippen molar-refractivity contribution in [3.63, 3.8) is 0 Å². The van der Waals surface area contributed by atoms with Crippen LogP contribution in [0.3, 0.4) is 0 Å². The molecule has 1 N–H and O–H groups in total. The van der Waals surface area contributed by atoms with E-state index in [4.69, 9.17) is 9.47 Å². The Balaban J connectivity index is 1.45. The zero-order valence-electron chi connectivity index (χ0n) is 23.5. The molecule has 0 atom stereocenters. The fraction of sp³-hybridized carbons (Fsp3) is 0.273. The predicted molar refractivity (Wildman–Crippen MR) is 158 cm³/mol. The molecule has 0 aliphatic carbocycles. The number of hydrogen-bond acceptors (Lipinski definition) is 5. The summed E-state index contributed by atoms with van der Waals surface area (Å²) in [6, 6.07) is 29.1. The second kappa shape index (κ2) is 11.1. The maximum atomic E-state index is 13.2. The highest BCUT2D eigenvalue weighted by Gasteiger charge is 2.21. The van der Waals surface area contributed by atoms with Crippen LogP contribution < -0.4 is 14.8 Å². The molecule has 0 radical (unpaired) electrons. The third-order valence-electron chi connectivity index (χ3n) is 6.58. The van der Waals surface area contributed by atoms with Gasteiger partial charge in [0.1, 0.15) is 22.8 Å². The van der Waals surface area contributed by atoms with E-state index in [0.29, 0.717) is 11.5 Å². The van der Waals surface area contributed by atoms with Crippen molar-refractivity contribution < 1.29 is 17.9 Å². The largest absolute Gasteiger partial charge is 0.488 e. The maximum Gasteiger partial charge on any atom is 0.206 e. The molecule has 4 aromatic rings. The summed E-state index contributed by atoms with van der Waals surface area (Å²) in [5.74, 6) is 1.97. The van der Waals surface area contributed by atoms with E-state index in [0.717, 1.165) is 29.1 Å². The van der Waals surface area contributed by atoms with Crippen LogP contribution in [0.25, 0.3) is 0 Å². The maximum absolute atomic E-state index is 13.2. The molecule has 0 bridgehead atoms. The van der Waals surface area contributed by atoms with Crippen LogP contribution in [-0.4, -0.2) is 14.0 Å². The van der Waals surface area contributed by atoms with Crippen LogP contribution in [0.4, 0.5) is 11.4 Å². The van der Waals surface area contributed by atoms with Crippen molar-refractivity contribution in [3.05, 3.63) is 103 Å². The molecule has 0 saturated heterocycles. The minimum atomic E-state index is -3.63. The summed E-state index contributed by atoms with van der Waals surface area (Å²) in [6.07, 6.45) is 0.971. The van der Waals surface area contributed by atoms with Gasteiger partial charge in [-0.15, -0.1) is 0 Å². The van der Waals surface area contributed by atoms with Crippen molar-refractivity contribution >= 4 is 21.2 Å². The number of ether oxygens (including phenoxy) is 2. The number of anilines is 2. The number of benzene rings is 4. The Morgan fingerprint density at radius 3 is 1.72 bits per heavy atom. The van der Waals surface area contributed by atoms with Gasteiger partial charge in [-0.1, -0.05) is 45.0 Å². The Hall–Kier alpha value is -3.77. The fourth-order valence-corrected chi connectivity index (χ4v) is 5.30. The van der Waals surface area contributed by atoms with Gasteiger partial charge in [0, 0.05) is 23.5 Å². The third kappa shape index (κ3) is 7.21. The fourth-order valence-electron chi connectivity index (χ4n) is 4.04. The highest BCUT2D eigenvalue weighted by molar-refractivity contribution is 7.91. The second-order valence-electron chi connectivity index (χ2n) is 11.2. The normalized spacial score (nSPS) is 12.2. The monoisotopic (exact) mass is 543 g/mol. The van der Waals surface area contributed by atoms with Gasteiger partial charge in [-0.2, -0.15) is 0 Å². The van der Waals surface area contributed by atoms with Crippen LogP contribution in [0.5, 0.6) is 17.2 Å². The van der Waals surface area contributed by atoms with Gasteiger partial charge in [-0.25, -0.2) is 8.42 Å². The van der Waals surface area contributed by atoms with Gasteiger partial charge < -0.3 is 14.8 Å². The molecule has 0 fully saturated rings. The molecule has 4 aromatic carbocycles. The topological polar surface area (TPSA) is 64.6 Å². The highest BCUT2D eigenvalue weighted by atomic mass is 32.2. The Morgan fingerprint density at radius 1 is 0.667 bits per heavy atom. The van der Waals surface area contributed by atoms with Gasteiger partial charge in [0.2, 0.25) is 9.84 Å². The molecule has 0 aromatic heterocycles. The third-order valence-corrected chi connectivity index (χ3v) is 8.37. The van der Waals surface area contributed by atoms with Crippen LogP contribution in [0.1, 0.15) is 53.5 Å². The van der Waals surface area contributed by atoms with E-state index in [1.54, 1.807) is 36.4 Å². The minimum absolute atomic E-state index is 0.00118. The average molecular weight is 544 g/mol. The first-order valence-corrected chi connectivity index (χ1v) is 14.6. The van der Waals surface area contributed by atoms with Crippen molar-refractivity contribution in [3.8, 4) is 17.2 Å². The average Bonchev–Trinajstić information content (AvgIpc) is 2.88. The zero-order valence-corrected chi connectivity index (χ0v) is 24.3. The van der Waals surface area contributed by atoms with E-state index < -0.39 is 9.84 Å². The first kappa shape index (κ1) is 28.2. The molecular formula is C33H37NO4S. The Morgan fingerprint density at radius 2 is 1.18 bits per heavy atom. The molecule has 0 spiro atoms. The van der Waals surface area contributed by atoms with Crippen molar-refractivity contribution in [1.82, 2.24) is 0 Å². The smallest absolute Gasteiger partial charge is 0.206 e. The first-order chi connectivity index (χ1) is 18.4. The lowest BCUT2D eigenvalue weighted by molar-refractivity contribution is 0.131. The summed E-state index contributed by atoms with van der Waals surface area (Å²) in [7, 11) is -3.63. The van der Waals surface area contributed by atoms with Crippen molar-refractivity contribution in [2.75, 3.05) is 5.32 Å². The van der Waals surface area contributed by atoms with Crippen LogP contribution in [0.15, 0.2) is 107 Å². The molecule has 0 amide bonds. The summed E-state index contributed by atoms with van der Waals surface area (Å²) in [5.41, 5.74) is 2.59. The van der Waals surface area contributed by atoms with E-state index in [1.165, 1.54) is 0 Å². The van der Waals surface area contributed by atoms with Gasteiger partial charge in [0.15, 0.2) is 0 Å². The lowest BCUT2D eigenvalue weighted by Crippen LogP contribution is -2.22. The Labute approximate surface area is 232 Å².